The molecule has 0 unspecified atom stereocenters. The molecule has 0 atom stereocenters. The van der Waals surface area contributed by atoms with E-state index in [0.717, 1.165) is 0 Å². The summed E-state index contributed by atoms with van der Waals surface area (Å²) in [7, 11) is 0. The summed E-state index contributed by atoms with van der Waals surface area (Å²) in [6, 6.07) is 5.77. The molecule has 1 rings (SSSR count). The maximum Gasteiger partial charge on any atom is 0.238 e. The second-order valence-electron chi connectivity index (χ2n) is 3.71. The molecule has 0 aliphatic heterocycles. The lowest BCUT2D eigenvalue weighted by Gasteiger charge is -2.19. The van der Waals surface area contributed by atoms with Crippen molar-refractivity contribution < 1.29 is 9.18 Å². The van der Waals surface area contributed by atoms with Gasteiger partial charge in [-0.05, 0) is 18.2 Å². The third kappa shape index (κ3) is 5.67. The third-order valence-corrected chi connectivity index (χ3v) is 2.62. The van der Waals surface area contributed by atoms with Crippen LogP contribution in [0.15, 0.2) is 24.3 Å². The maximum atomic E-state index is 12.9. The van der Waals surface area contributed by atoms with Crippen molar-refractivity contribution in [2.75, 3.05) is 36.7 Å². The quantitative estimate of drug-likeness (QED) is 0.784. The van der Waals surface area contributed by atoms with Gasteiger partial charge in [-0.1, -0.05) is 6.07 Å². The number of carbonyl (C=O) groups is 1. The molecule has 1 aromatic rings. The van der Waals surface area contributed by atoms with Gasteiger partial charge in [-0.15, -0.1) is 23.2 Å². The zero-order valence-corrected chi connectivity index (χ0v) is 11.3. The molecule has 0 saturated carbocycles. The molecule has 0 aromatic heterocycles. The van der Waals surface area contributed by atoms with Crippen molar-refractivity contribution >= 4 is 34.8 Å². The predicted octanol–water partition coefficient (Wildman–Crippen LogP) is 2.54. The Morgan fingerprint density at radius 2 is 1.94 bits per heavy atom. The minimum Gasteiger partial charge on any atom is -0.325 e. The van der Waals surface area contributed by atoms with E-state index in [4.69, 9.17) is 23.2 Å². The number of nitrogens with zero attached hydrogens (tertiary/aromatic N) is 1. The highest BCUT2D eigenvalue weighted by Gasteiger charge is 2.10. The minimum atomic E-state index is -0.383. The summed E-state index contributed by atoms with van der Waals surface area (Å²) in [4.78, 5) is 13.6. The summed E-state index contributed by atoms with van der Waals surface area (Å²) < 4.78 is 12.9. The molecule has 1 aromatic carbocycles. The summed E-state index contributed by atoms with van der Waals surface area (Å²) >= 11 is 11.3. The average molecular weight is 293 g/mol. The molecule has 0 bridgehead atoms. The monoisotopic (exact) mass is 292 g/mol. The number of alkyl halides is 2. The predicted molar refractivity (Wildman–Crippen MR) is 72.9 cm³/mol. The summed E-state index contributed by atoms with van der Waals surface area (Å²) in [6.07, 6.45) is 0. The topological polar surface area (TPSA) is 32.3 Å². The molecular weight excluding hydrogens is 278 g/mol. The van der Waals surface area contributed by atoms with Crippen LogP contribution in [0.25, 0.3) is 0 Å². The molecule has 0 spiro atoms. The van der Waals surface area contributed by atoms with Crippen LogP contribution in [0.3, 0.4) is 0 Å². The highest BCUT2D eigenvalue weighted by molar-refractivity contribution is 6.18. The van der Waals surface area contributed by atoms with Crippen LogP contribution >= 0.6 is 23.2 Å². The first-order valence-electron chi connectivity index (χ1n) is 5.55. The number of amides is 1. The van der Waals surface area contributed by atoms with Crippen molar-refractivity contribution in [3.05, 3.63) is 30.1 Å². The normalized spacial score (nSPS) is 10.7. The fraction of sp³-hybridized carbons (Fsp3) is 0.417. The van der Waals surface area contributed by atoms with E-state index in [2.05, 4.69) is 5.32 Å². The van der Waals surface area contributed by atoms with E-state index in [1.807, 2.05) is 4.90 Å². The van der Waals surface area contributed by atoms with Gasteiger partial charge in [-0.2, -0.15) is 0 Å². The van der Waals surface area contributed by atoms with Crippen molar-refractivity contribution in [1.82, 2.24) is 4.90 Å². The van der Waals surface area contributed by atoms with Crippen LogP contribution in [0.2, 0.25) is 0 Å². The molecule has 1 amide bonds. The van der Waals surface area contributed by atoms with Crippen LogP contribution in [-0.2, 0) is 4.79 Å². The van der Waals surface area contributed by atoms with Gasteiger partial charge in [0.1, 0.15) is 5.82 Å². The Morgan fingerprint density at radius 1 is 1.28 bits per heavy atom. The maximum absolute atomic E-state index is 12.9. The van der Waals surface area contributed by atoms with Crippen LogP contribution in [0, 0.1) is 5.82 Å². The molecule has 1 N–H and O–H groups in total. The van der Waals surface area contributed by atoms with Crippen LogP contribution in [0.4, 0.5) is 10.1 Å². The lowest BCUT2D eigenvalue weighted by molar-refractivity contribution is -0.117. The summed E-state index contributed by atoms with van der Waals surface area (Å²) in [5.74, 6) is 0.274. The summed E-state index contributed by atoms with van der Waals surface area (Å²) in [5, 5.41) is 2.62. The van der Waals surface area contributed by atoms with E-state index in [1.165, 1.54) is 12.1 Å². The Morgan fingerprint density at radius 3 is 2.50 bits per heavy atom. The number of anilines is 1. The van der Waals surface area contributed by atoms with E-state index in [9.17, 15) is 9.18 Å². The molecule has 0 aliphatic carbocycles. The Labute approximate surface area is 116 Å². The molecule has 0 radical (unpaired) electrons. The van der Waals surface area contributed by atoms with Crippen molar-refractivity contribution in [2.45, 2.75) is 0 Å². The van der Waals surface area contributed by atoms with E-state index in [-0.39, 0.29) is 18.3 Å². The molecular formula is C12H15Cl2FN2O. The number of halogens is 3. The Bertz CT molecular complexity index is 384. The van der Waals surface area contributed by atoms with E-state index in [1.54, 1.807) is 12.1 Å². The standard InChI is InChI=1S/C12H15Cl2FN2O/c13-4-6-17(7-5-14)9-12(18)16-11-3-1-2-10(15)8-11/h1-3,8H,4-7,9H2,(H,16,18). The van der Waals surface area contributed by atoms with Crippen LogP contribution < -0.4 is 5.32 Å². The fourth-order valence-corrected chi connectivity index (χ4v) is 1.96. The molecule has 0 heterocycles. The largest absolute Gasteiger partial charge is 0.325 e. The lowest BCUT2D eigenvalue weighted by atomic mass is 10.3. The molecule has 0 saturated heterocycles. The van der Waals surface area contributed by atoms with E-state index < -0.39 is 0 Å². The van der Waals surface area contributed by atoms with Gasteiger partial charge in [0, 0.05) is 30.5 Å². The molecule has 0 aliphatic rings. The van der Waals surface area contributed by atoms with E-state index in [0.29, 0.717) is 30.5 Å². The first-order valence-corrected chi connectivity index (χ1v) is 6.62. The van der Waals surface area contributed by atoms with Gasteiger partial charge in [0.25, 0.3) is 0 Å². The van der Waals surface area contributed by atoms with Gasteiger partial charge >= 0.3 is 0 Å². The van der Waals surface area contributed by atoms with Crippen molar-refractivity contribution in [2.24, 2.45) is 0 Å². The SMILES string of the molecule is O=C(CN(CCCl)CCCl)Nc1cccc(F)c1. The first kappa shape index (κ1) is 15.2. The molecule has 0 fully saturated rings. The number of hydrogen-bond acceptors (Lipinski definition) is 2. The number of nitrogens with one attached hydrogen (secondary N) is 1. The molecule has 18 heavy (non-hydrogen) atoms. The zero-order chi connectivity index (χ0) is 13.4. The Kier molecular flexibility index (Phi) is 7.01. The third-order valence-electron chi connectivity index (χ3n) is 2.28. The second kappa shape index (κ2) is 8.29. The van der Waals surface area contributed by atoms with Gasteiger partial charge in [0.05, 0.1) is 6.54 Å². The highest BCUT2D eigenvalue weighted by Crippen LogP contribution is 2.09. The molecule has 3 nitrogen and oxygen atoms in total. The Hall–Kier alpha value is -0.840. The molecule has 6 heteroatoms. The van der Waals surface area contributed by atoms with Gasteiger partial charge in [0.15, 0.2) is 0 Å². The zero-order valence-electron chi connectivity index (χ0n) is 9.83. The van der Waals surface area contributed by atoms with Crippen LogP contribution in [0.5, 0.6) is 0 Å². The fourth-order valence-electron chi connectivity index (χ4n) is 1.48. The van der Waals surface area contributed by atoms with Crippen LogP contribution in [0.1, 0.15) is 0 Å². The van der Waals surface area contributed by atoms with E-state index >= 15 is 0 Å². The average Bonchev–Trinajstić information content (AvgIpc) is 2.29. The van der Waals surface area contributed by atoms with Crippen molar-refractivity contribution in [3.8, 4) is 0 Å². The minimum absolute atomic E-state index is 0.190. The van der Waals surface area contributed by atoms with Gasteiger partial charge in [-0.3, -0.25) is 9.69 Å². The number of benzene rings is 1. The summed E-state index contributed by atoms with van der Waals surface area (Å²) in [6.45, 7) is 1.37. The van der Waals surface area contributed by atoms with Gasteiger partial charge in [-0.25, -0.2) is 4.39 Å². The van der Waals surface area contributed by atoms with Gasteiger partial charge in [0.2, 0.25) is 5.91 Å². The number of hydrogen-bond donors (Lipinski definition) is 1. The molecule has 100 valence electrons. The highest BCUT2D eigenvalue weighted by atomic mass is 35.5. The summed E-state index contributed by atoms with van der Waals surface area (Å²) in [5.41, 5.74) is 0.441. The van der Waals surface area contributed by atoms with Crippen LogP contribution in [-0.4, -0.2) is 42.2 Å². The Balaban J connectivity index is 2.49. The number of carbonyl (C=O) groups excluding carboxylic acids is 1. The van der Waals surface area contributed by atoms with Crippen molar-refractivity contribution in [3.63, 3.8) is 0 Å². The first-order chi connectivity index (χ1) is 8.65. The smallest absolute Gasteiger partial charge is 0.238 e. The number of rotatable bonds is 7. The van der Waals surface area contributed by atoms with Crippen molar-refractivity contribution in [1.29, 1.82) is 0 Å². The lowest BCUT2D eigenvalue weighted by Crippen LogP contribution is -2.35. The second-order valence-corrected chi connectivity index (χ2v) is 4.47. The van der Waals surface area contributed by atoms with Gasteiger partial charge < -0.3 is 5.32 Å².